The average Bonchev–Trinajstić information content (AvgIpc) is 3.48. The Labute approximate surface area is 199 Å². The zero-order valence-corrected chi connectivity index (χ0v) is 19.2. The number of aryl methyl sites for hydroxylation is 1. The van der Waals surface area contributed by atoms with Gasteiger partial charge in [0.25, 0.3) is 0 Å². The Hall–Kier alpha value is -3.45. The van der Waals surface area contributed by atoms with Crippen LogP contribution in [0.1, 0.15) is 35.4 Å². The lowest BCUT2D eigenvalue weighted by Gasteiger charge is -2.26. The summed E-state index contributed by atoms with van der Waals surface area (Å²) in [5, 5.41) is 13.6. The lowest BCUT2D eigenvalue weighted by molar-refractivity contribution is -0.144. The minimum Gasteiger partial charge on any atom is -0.354 e. The maximum atomic E-state index is 13.6. The molecule has 6 nitrogen and oxygen atoms in total. The van der Waals surface area contributed by atoms with Crippen molar-refractivity contribution in [3.63, 3.8) is 0 Å². The summed E-state index contributed by atoms with van der Waals surface area (Å²) in [6, 6.07) is 11.9. The average molecular weight is 486 g/mol. The molecule has 1 N–H and O–H groups in total. The van der Waals surface area contributed by atoms with Crippen LogP contribution in [0.4, 0.5) is 19.0 Å². The molecule has 1 atom stereocenters. The van der Waals surface area contributed by atoms with Gasteiger partial charge >= 0.3 is 6.18 Å². The third-order valence-corrected chi connectivity index (χ3v) is 6.75. The van der Waals surface area contributed by atoms with Gasteiger partial charge in [0.2, 0.25) is 11.7 Å². The Kier molecular flexibility index (Phi) is 6.84. The molecule has 1 amide bonds. The van der Waals surface area contributed by atoms with E-state index in [9.17, 15) is 18.0 Å². The quantitative estimate of drug-likeness (QED) is 0.546. The SMILES string of the molecule is Cc1ccsc1-c1cc(N2CCCC2C(=O)NCCc2ccc(C#N)cc2)nc(C(F)(F)F)n1. The molecule has 1 unspecified atom stereocenters. The first-order valence-corrected chi connectivity index (χ1v) is 11.7. The van der Waals surface area contributed by atoms with E-state index in [1.165, 1.54) is 17.4 Å². The van der Waals surface area contributed by atoms with Crippen LogP contribution in [0.2, 0.25) is 0 Å². The molecule has 10 heteroatoms. The van der Waals surface area contributed by atoms with Crippen LogP contribution in [0.25, 0.3) is 10.6 Å². The van der Waals surface area contributed by atoms with E-state index in [1.54, 1.807) is 22.4 Å². The molecular weight excluding hydrogens is 463 g/mol. The van der Waals surface area contributed by atoms with Crippen LogP contribution in [0, 0.1) is 18.3 Å². The molecule has 1 fully saturated rings. The highest BCUT2D eigenvalue weighted by Gasteiger charge is 2.38. The number of nitriles is 1. The maximum absolute atomic E-state index is 13.6. The fourth-order valence-corrected chi connectivity index (χ4v) is 4.85. The second kappa shape index (κ2) is 9.81. The topological polar surface area (TPSA) is 81.9 Å². The molecule has 2 aromatic heterocycles. The van der Waals surface area contributed by atoms with Gasteiger partial charge in [-0.1, -0.05) is 12.1 Å². The number of carbonyl (C=O) groups excluding carboxylic acids is 1. The lowest BCUT2D eigenvalue weighted by Crippen LogP contribution is -2.44. The van der Waals surface area contributed by atoms with Crippen molar-refractivity contribution in [3.8, 4) is 16.6 Å². The maximum Gasteiger partial charge on any atom is 0.451 e. The van der Waals surface area contributed by atoms with Crippen LogP contribution >= 0.6 is 11.3 Å². The first kappa shape index (κ1) is 23.7. The number of anilines is 1. The molecule has 0 radical (unpaired) electrons. The molecular formula is C24H22F3N5OS. The Morgan fingerprint density at radius 2 is 2.03 bits per heavy atom. The van der Waals surface area contributed by atoms with E-state index in [-0.39, 0.29) is 17.4 Å². The number of benzene rings is 1. The minimum atomic E-state index is -4.70. The van der Waals surface area contributed by atoms with Crippen molar-refractivity contribution in [2.75, 3.05) is 18.0 Å². The van der Waals surface area contributed by atoms with Gasteiger partial charge in [-0.05, 0) is 60.9 Å². The van der Waals surface area contributed by atoms with E-state index in [1.807, 2.05) is 25.1 Å². The van der Waals surface area contributed by atoms with Crippen molar-refractivity contribution in [3.05, 3.63) is 64.3 Å². The summed E-state index contributed by atoms with van der Waals surface area (Å²) in [5.41, 5.74) is 2.58. The van der Waals surface area contributed by atoms with Gasteiger partial charge < -0.3 is 10.2 Å². The number of nitrogens with one attached hydrogen (secondary N) is 1. The van der Waals surface area contributed by atoms with Crippen LogP contribution in [-0.2, 0) is 17.4 Å². The highest BCUT2D eigenvalue weighted by molar-refractivity contribution is 7.13. The van der Waals surface area contributed by atoms with Gasteiger partial charge in [0, 0.05) is 19.2 Å². The predicted octanol–water partition coefficient (Wildman–Crippen LogP) is 4.73. The van der Waals surface area contributed by atoms with E-state index in [2.05, 4.69) is 21.4 Å². The van der Waals surface area contributed by atoms with Crippen molar-refractivity contribution in [1.29, 1.82) is 5.26 Å². The number of halogens is 3. The van der Waals surface area contributed by atoms with Gasteiger partial charge in [0.05, 0.1) is 22.2 Å². The molecule has 0 bridgehead atoms. The summed E-state index contributed by atoms with van der Waals surface area (Å²) < 4.78 is 40.7. The van der Waals surface area contributed by atoms with E-state index < -0.39 is 18.0 Å². The van der Waals surface area contributed by atoms with Gasteiger partial charge in [-0.3, -0.25) is 4.79 Å². The Morgan fingerprint density at radius 3 is 2.68 bits per heavy atom. The van der Waals surface area contributed by atoms with Crippen molar-refractivity contribution in [2.24, 2.45) is 0 Å². The normalized spacial score (nSPS) is 15.9. The molecule has 0 saturated carbocycles. The van der Waals surface area contributed by atoms with Gasteiger partial charge in [-0.2, -0.15) is 18.4 Å². The fourth-order valence-electron chi connectivity index (χ4n) is 3.97. The Morgan fingerprint density at radius 1 is 1.26 bits per heavy atom. The standard InChI is InChI=1S/C24H22F3N5OS/c1-15-9-12-34-21(15)18-13-20(31-23(30-18)24(25,26)27)32-11-2-3-19(32)22(33)29-10-8-16-4-6-17(14-28)7-5-16/h4-7,9,12-13,19H,2-3,8,10-11H2,1H3,(H,29,33). The number of alkyl halides is 3. The van der Waals surface area contributed by atoms with Crippen LogP contribution in [0.3, 0.4) is 0 Å². The summed E-state index contributed by atoms with van der Waals surface area (Å²) in [4.78, 5) is 22.8. The number of aromatic nitrogens is 2. The monoisotopic (exact) mass is 485 g/mol. The number of carbonyl (C=O) groups is 1. The third kappa shape index (κ3) is 5.20. The number of thiophene rings is 1. The molecule has 34 heavy (non-hydrogen) atoms. The van der Waals surface area contributed by atoms with E-state index in [0.717, 1.165) is 11.1 Å². The van der Waals surface area contributed by atoms with Crippen LogP contribution in [0.5, 0.6) is 0 Å². The summed E-state index contributed by atoms with van der Waals surface area (Å²) in [5.74, 6) is -1.35. The first-order valence-electron chi connectivity index (χ1n) is 10.8. The molecule has 1 aliphatic rings. The van der Waals surface area contributed by atoms with E-state index in [0.29, 0.717) is 42.8 Å². The molecule has 1 saturated heterocycles. The second-order valence-electron chi connectivity index (χ2n) is 8.07. The zero-order chi connectivity index (χ0) is 24.3. The second-order valence-corrected chi connectivity index (χ2v) is 8.98. The largest absolute Gasteiger partial charge is 0.451 e. The number of amides is 1. The molecule has 3 aromatic rings. The lowest BCUT2D eigenvalue weighted by atomic mass is 10.1. The highest BCUT2D eigenvalue weighted by Crippen LogP contribution is 2.35. The van der Waals surface area contributed by atoms with Gasteiger partial charge in [-0.15, -0.1) is 11.3 Å². The number of rotatable bonds is 6. The van der Waals surface area contributed by atoms with Crippen molar-refractivity contribution >= 4 is 23.1 Å². The third-order valence-electron chi connectivity index (χ3n) is 5.71. The smallest absolute Gasteiger partial charge is 0.354 e. The van der Waals surface area contributed by atoms with Gasteiger partial charge in [0.1, 0.15) is 11.9 Å². The van der Waals surface area contributed by atoms with Crippen LogP contribution in [-0.4, -0.2) is 35.0 Å². The van der Waals surface area contributed by atoms with E-state index >= 15 is 0 Å². The summed E-state index contributed by atoms with van der Waals surface area (Å²) >= 11 is 1.32. The van der Waals surface area contributed by atoms with E-state index in [4.69, 9.17) is 5.26 Å². The first-order chi connectivity index (χ1) is 16.3. The van der Waals surface area contributed by atoms with Crippen LogP contribution in [0.15, 0.2) is 41.8 Å². The van der Waals surface area contributed by atoms with Crippen molar-refractivity contribution < 1.29 is 18.0 Å². The molecule has 0 spiro atoms. The minimum absolute atomic E-state index is 0.106. The summed E-state index contributed by atoms with van der Waals surface area (Å²) in [6.07, 6.45) is -2.92. The molecule has 176 valence electrons. The van der Waals surface area contributed by atoms with Crippen molar-refractivity contribution in [2.45, 2.75) is 38.4 Å². The molecule has 3 heterocycles. The predicted molar refractivity (Wildman–Crippen MR) is 123 cm³/mol. The van der Waals surface area contributed by atoms with Crippen LogP contribution < -0.4 is 10.2 Å². The number of hydrogen-bond acceptors (Lipinski definition) is 6. The highest BCUT2D eigenvalue weighted by atomic mass is 32.1. The molecule has 0 aliphatic carbocycles. The Balaban J connectivity index is 1.52. The van der Waals surface area contributed by atoms with Crippen molar-refractivity contribution in [1.82, 2.24) is 15.3 Å². The number of hydrogen-bond donors (Lipinski definition) is 1. The van der Waals surface area contributed by atoms with Gasteiger partial charge in [0.15, 0.2) is 0 Å². The summed E-state index contributed by atoms with van der Waals surface area (Å²) in [6.45, 7) is 2.64. The molecule has 1 aromatic carbocycles. The number of nitrogens with zero attached hydrogens (tertiary/aromatic N) is 4. The molecule has 4 rings (SSSR count). The Bertz CT molecular complexity index is 1220. The summed E-state index contributed by atoms with van der Waals surface area (Å²) in [7, 11) is 0. The van der Waals surface area contributed by atoms with Gasteiger partial charge in [-0.25, -0.2) is 9.97 Å². The molecule has 1 aliphatic heterocycles. The fraction of sp³-hybridized carbons (Fsp3) is 0.333. The zero-order valence-electron chi connectivity index (χ0n) is 18.4.